The fraction of sp³-hybridized carbons (Fsp3) is 0.643. The van der Waals surface area contributed by atoms with E-state index in [1.54, 1.807) is 6.07 Å². The molecule has 1 aromatic rings. The summed E-state index contributed by atoms with van der Waals surface area (Å²) in [6.45, 7) is 4.38. The van der Waals surface area contributed by atoms with Crippen LogP contribution in [0.5, 0.6) is 0 Å². The summed E-state index contributed by atoms with van der Waals surface area (Å²) in [6, 6.07) is 3.48. The van der Waals surface area contributed by atoms with E-state index in [0.717, 1.165) is 25.5 Å². The molecule has 20 heavy (non-hydrogen) atoms. The van der Waals surface area contributed by atoms with Crippen molar-refractivity contribution in [1.82, 2.24) is 9.88 Å². The lowest BCUT2D eigenvalue weighted by Crippen LogP contribution is -2.30. The second-order valence-electron chi connectivity index (χ2n) is 6.28. The number of aromatic nitrogens is 1. The molecule has 0 saturated carbocycles. The predicted octanol–water partition coefficient (Wildman–Crippen LogP) is 1.02. The highest BCUT2D eigenvalue weighted by atomic mass is 32.2. The van der Waals surface area contributed by atoms with Gasteiger partial charge in [0, 0.05) is 37.5 Å². The lowest BCUT2D eigenvalue weighted by atomic mass is 9.86. The summed E-state index contributed by atoms with van der Waals surface area (Å²) < 4.78 is 22.9. The van der Waals surface area contributed by atoms with E-state index in [1.165, 1.54) is 31.8 Å². The van der Waals surface area contributed by atoms with Crippen molar-refractivity contribution in [3.8, 4) is 0 Å². The van der Waals surface area contributed by atoms with Gasteiger partial charge in [0.05, 0.1) is 4.90 Å². The van der Waals surface area contributed by atoms with Crippen LogP contribution in [-0.2, 0) is 9.84 Å². The molecule has 3 heterocycles. The van der Waals surface area contributed by atoms with Crippen molar-refractivity contribution in [1.29, 1.82) is 0 Å². The van der Waals surface area contributed by atoms with Gasteiger partial charge in [-0.1, -0.05) is 0 Å². The van der Waals surface area contributed by atoms with Crippen LogP contribution in [0.2, 0.25) is 0 Å². The van der Waals surface area contributed by atoms with Gasteiger partial charge < -0.3 is 9.80 Å². The third kappa shape index (κ3) is 2.54. The number of hydrogen-bond donors (Lipinski definition) is 0. The summed E-state index contributed by atoms with van der Waals surface area (Å²) in [6.07, 6.45) is 5.13. The Bertz CT molecular complexity index is 599. The van der Waals surface area contributed by atoms with Crippen LogP contribution in [0.15, 0.2) is 23.2 Å². The van der Waals surface area contributed by atoms with Gasteiger partial charge in [0.25, 0.3) is 0 Å². The van der Waals surface area contributed by atoms with Gasteiger partial charge in [0.2, 0.25) is 0 Å². The Kier molecular flexibility index (Phi) is 3.25. The summed E-state index contributed by atoms with van der Waals surface area (Å²) in [5.41, 5.74) is 0.409. The fourth-order valence-corrected chi connectivity index (χ4v) is 3.96. The highest BCUT2D eigenvalue weighted by Gasteiger charge is 2.42. The Morgan fingerprint density at radius 2 is 1.95 bits per heavy atom. The molecule has 0 aliphatic carbocycles. The molecule has 2 saturated heterocycles. The van der Waals surface area contributed by atoms with Crippen LogP contribution >= 0.6 is 0 Å². The van der Waals surface area contributed by atoms with Crippen LogP contribution in [0.25, 0.3) is 0 Å². The quantitative estimate of drug-likeness (QED) is 0.815. The third-order valence-electron chi connectivity index (χ3n) is 4.54. The first kappa shape index (κ1) is 13.8. The average Bonchev–Trinajstić information content (AvgIpc) is 2.96. The van der Waals surface area contributed by atoms with Crippen LogP contribution in [-0.4, -0.2) is 57.8 Å². The van der Waals surface area contributed by atoms with Crippen LogP contribution < -0.4 is 4.90 Å². The second-order valence-corrected chi connectivity index (χ2v) is 8.30. The van der Waals surface area contributed by atoms with Gasteiger partial charge in [0.1, 0.15) is 5.82 Å². The van der Waals surface area contributed by atoms with E-state index in [4.69, 9.17) is 0 Å². The summed E-state index contributed by atoms with van der Waals surface area (Å²) in [5, 5.41) is 0. The summed E-state index contributed by atoms with van der Waals surface area (Å²) in [7, 11) is -0.983. The largest absolute Gasteiger partial charge is 0.356 e. The van der Waals surface area contributed by atoms with Crippen LogP contribution in [0.1, 0.15) is 12.8 Å². The topological polar surface area (TPSA) is 53.5 Å². The van der Waals surface area contributed by atoms with Crippen molar-refractivity contribution in [2.45, 2.75) is 17.7 Å². The second kappa shape index (κ2) is 4.70. The SMILES string of the molecule is CN1CCC2(CCN(c3ccc(S(C)(=O)=O)cn3)C2)C1. The zero-order valence-corrected chi connectivity index (χ0v) is 12.9. The summed E-state index contributed by atoms with van der Waals surface area (Å²) >= 11 is 0. The minimum atomic E-state index is -3.16. The molecule has 2 aliphatic rings. The number of hydrogen-bond acceptors (Lipinski definition) is 5. The maximum atomic E-state index is 11.4. The van der Waals surface area contributed by atoms with E-state index < -0.39 is 9.84 Å². The Morgan fingerprint density at radius 3 is 2.50 bits per heavy atom. The minimum Gasteiger partial charge on any atom is -0.356 e. The maximum Gasteiger partial charge on any atom is 0.177 e. The first-order valence-corrected chi connectivity index (χ1v) is 8.87. The van der Waals surface area contributed by atoms with E-state index in [1.807, 2.05) is 6.07 Å². The van der Waals surface area contributed by atoms with E-state index in [9.17, 15) is 8.42 Å². The molecular weight excluding hydrogens is 274 g/mol. The Morgan fingerprint density at radius 1 is 1.20 bits per heavy atom. The van der Waals surface area contributed by atoms with Gasteiger partial charge in [-0.3, -0.25) is 0 Å². The number of sulfone groups is 1. The number of rotatable bonds is 2. The lowest BCUT2D eigenvalue weighted by Gasteiger charge is -2.24. The molecule has 2 aliphatic heterocycles. The van der Waals surface area contributed by atoms with Crippen molar-refractivity contribution < 1.29 is 8.42 Å². The zero-order chi connectivity index (χ0) is 14.4. The third-order valence-corrected chi connectivity index (χ3v) is 5.64. The minimum absolute atomic E-state index is 0.288. The monoisotopic (exact) mass is 295 g/mol. The predicted molar refractivity (Wildman–Crippen MR) is 78.7 cm³/mol. The molecule has 0 radical (unpaired) electrons. The number of anilines is 1. The van der Waals surface area contributed by atoms with Gasteiger partial charge in [-0.25, -0.2) is 13.4 Å². The molecule has 1 unspecified atom stereocenters. The molecule has 6 heteroatoms. The van der Waals surface area contributed by atoms with Crippen LogP contribution in [0, 0.1) is 5.41 Å². The fourth-order valence-electron chi connectivity index (χ4n) is 3.40. The molecule has 5 nitrogen and oxygen atoms in total. The number of likely N-dealkylation sites (tertiary alicyclic amines) is 1. The van der Waals surface area contributed by atoms with Crippen molar-refractivity contribution in [2.75, 3.05) is 44.4 Å². The zero-order valence-electron chi connectivity index (χ0n) is 12.0. The first-order chi connectivity index (χ1) is 9.38. The van der Waals surface area contributed by atoms with E-state index in [0.29, 0.717) is 5.41 Å². The van der Waals surface area contributed by atoms with Crippen molar-refractivity contribution >= 4 is 15.7 Å². The van der Waals surface area contributed by atoms with E-state index in [2.05, 4.69) is 21.8 Å². The molecule has 0 amide bonds. The molecule has 3 rings (SSSR count). The molecule has 1 atom stereocenters. The lowest BCUT2D eigenvalue weighted by molar-refractivity contribution is 0.312. The molecule has 0 N–H and O–H groups in total. The van der Waals surface area contributed by atoms with Gasteiger partial charge in [0.15, 0.2) is 9.84 Å². The molecular formula is C14H21N3O2S. The Hall–Kier alpha value is -1.14. The van der Waals surface area contributed by atoms with Gasteiger partial charge >= 0.3 is 0 Å². The van der Waals surface area contributed by atoms with Gasteiger partial charge in [-0.15, -0.1) is 0 Å². The Labute approximate surface area is 120 Å². The smallest absolute Gasteiger partial charge is 0.177 e. The highest BCUT2D eigenvalue weighted by molar-refractivity contribution is 7.90. The van der Waals surface area contributed by atoms with Crippen molar-refractivity contribution in [3.05, 3.63) is 18.3 Å². The molecule has 2 fully saturated rings. The first-order valence-electron chi connectivity index (χ1n) is 6.98. The number of nitrogens with zero attached hydrogens (tertiary/aromatic N) is 3. The van der Waals surface area contributed by atoms with Gasteiger partial charge in [-0.2, -0.15) is 0 Å². The molecule has 0 bridgehead atoms. The van der Waals surface area contributed by atoms with Crippen LogP contribution in [0.4, 0.5) is 5.82 Å². The highest BCUT2D eigenvalue weighted by Crippen LogP contribution is 2.40. The average molecular weight is 295 g/mol. The molecule has 1 spiro atoms. The van der Waals surface area contributed by atoms with Crippen LogP contribution in [0.3, 0.4) is 0 Å². The van der Waals surface area contributed by atoms with Crippen molar-refractivity contribution in [2.24, 2.45) is 5.41 Å². The van der Waals surface area contributed by atoms with Gasteiger partial charge in [-0.05, 0) is 38.6 Å². The normalized spacial score (nSPS) is 27.6. The van der Waals surface area contributed by atoms with E-state index in [-0.39, 0.29) is 4.90 Å². The van der Waals surface area contributed by atoms with Crippen molar-refractivity contribution in [3.63, 3.8) is 0 Å². The molecule has 1 aromatic heterocycles. The molecule has 110 valence electrons. The van der Waals surface area contributed by atoms with E-state index >= 15 is 0 Å². The summed E-state index contributed by atoms with van der Waals surface area (Å²) in [5.74, 6) is 0.892. The maximum absolute atomic E-state index is 11.4. The standard InChI is InChI=1S/C14H21N3O2S/c1-16-7-5-14(10-16)6-8-17(11-14)13-4-3-12(9-15-13)20(2,18)19/h3-4,9H,5-8,10-11H2,1-2H3. The Balaban J connectivity index is 1.75. The summed E-state index contributed by atoms with van der Waals surface area (Å²) in [4.78, 5) is 9.30. The molecule has 0 aromatic carbocycles. The number of pyridine rings is 1.